The number of halogens is 1. The van der Waals surface area contributed by atoms with Gasteiger partial charge in [-0.2, -0.15) is 0 Å². The van der Waals surface area contributed by atoms with E-state index in [4.69, 9.17) is 5.73 Å². The first-order valence-electron chi connectivity index (χ1n) is 4.33. The maximum atomic E-state index is 12.8. The number of hydrogen-bond acceptors (Lipinski definition) is 3. The topological polar surface area (TPSA) is 66.5 Å². The van der Waals surface area contributed by atoms with Crippen molar-refractivity contribution >= 4 is 0 Å². The minimum absolute atomic E-state index is 0.0926. The summed E-state index contributed by atoms with van der Waals surface area (Å²) in [6, 6.07) is 5.46. The molecule has 0 saturated carbocycles. The Kier molecular flexibility index (Phi) is 3.21. The smallest absolute Gasteiger partial charge is 0.123 e. The molecule has 4 heteroatoms. The van der Waals surface area contributed by atoms with E-state index in [0.29, 0.717) is 5.56 Å². The molecule has 2 atom stereocenters. The SMILES string of the molecule is CC(O)(CN)C(O)c1cccc(F)c1. The standard InChI is InChI=1S/C10H14FNO2/c1-10(14,6-12)9(13)7-3-2-4-8(11)5-7/h2-5,9,13-14H,6,12H2,1H3. The molecule has 78 valence electrons. The minimum Gasteiger partial charge on any atom is -0.386 e. The van der Waals surface area contributed by atoms with Crippen molar-refractivity contribution in [3.05, 3.63) is 35.6 Å². The van der Waals surface area contributed by atoms with E-state index in [2.05, 4.69) is 0 Å². The Bertz CT molecular complexity index is 315. The highest BCUT2D eigenvalue weighted by Gasteiger charge is 2.30. The maximum Gasteiger partial charge on any atom is 0.123 e. The Morgan fingerprint density at radius 2 is 2.21 bits per heavy atom. The largest absolute Gasteiger partial charge is 0.386 e. The highest BCUT2D eigenvalue weighted by Crippen LogP contribution is 2.24. The molecule has 0 saturated heterocycles. The normalized spacial score (nSPS) is 17.5. The molecule has 1 aromatic carbocycles. The van der Waals surface area contributed by atoms with Crippen molar-refractivity contribution in [3.63, 3.8) is 0 Å². The van der Waals surface area contributed by atoms with Crippen LogP contribution in [0.2, 0.25) is 0 Å². The Morgan fingerprint density at radius 1 is 1.57 bits per heavy atom. The third-order valence-corrected chi connectivity index (χ3v) is 2.17. The van der Waals surface area contributed by atoms with Gasteiger partial charge in [-0.25, -0.2) is 4.39 Å². The molecule has 1 rings (SSSR count). The van der Waals surface area contributed by atoms with Gasteiger partial charge in [0, 0.05) is 6.54 Å². The van der Waals surface area contributed by atoms with Gasteiger partial charge in [-0.15, -0.1) is 0 Å². The molecule has 0 aliphatic heterocycles. The van der Waals surface area contributed by atoms with Gasteiger partial charge in [-0.3, -0.25) is 0 Å². The number of benzene rings is 1. The van der Waals surface area contributed by atoms with Crippen LogP contribution in [-0.2, 0) is 0 Å². The van der Waals surface area contributed by atoms with Crippen LogP contribution in [0.25, 0.3) is 0 Å². The second-order valence-corrected chi connectivity index (χ2v) is 3.52. The summed E-state index contributed by atoms with van der Waals surface area (Å²) in [5.74, 6) is -0.450. The summed E-state index contributed by atoms with van der Waals surface area (Å²) in [6.07, 6.45) is -1.18. The first-order chi connectivity index (χ1) is 6.47. The Hall–Kier alpha value is -0.970. The van der Waals surface area contributed by atoms with Crippen molar-refractivity contribution in [2.45, 2.75) is 18.6 Å². The first-order valence-corrected chi connectivity index (χ1v) is 4.33. The molecule has 0 heterocycles. The molecule has 14 heavy (non-hydrogen) atoms. The van der Waals surface area contributed by atoms with Gasteiger partial charge in [0.25, 0.3) is 0 Å². The highest BCUT2D eigenvalue weighted by atomic mass is 19.1. The molecule has 1 aromatic rings. The van der Waals surface area contributed by atoms with Gasteiger partial charge in [0.15, 0.2) is 0 Å². The molecule has 4 N–H and O–H groups in total. The highest BCUT2D eigenvalue weighted by molar-refractivity contribution is 5.21. The minimum atomic E-state index is -1.44. The van der Waals surface area contributed by atoms with E-state index in [1.165, 1.54) is 31.2 Å². The fourth-order valence-electron chi connectivity index (χ4n) is 1.15. The van der Waals surface area contributed by atoms with E-state index in [9.17, 15) is 14.6 Å². The molecule has 0 amide bonds. The summed E-state index contributed by atoms with van der Waals surface area (Å²) < 4.78 is 12.8. The number of hydrogen-bond donors (Lipinski definition) is 3. The Morgan fingerprint density at radius 3 is 2.71 bits per heavy atom. The van der Waals surface area contributed by atoms with Crippen molar-refractivity contribution in [2.75, 3.05) is 6.54 Å². The van der Waals surface area contributed by atoms with Crippen LogP contribution >= 0.6 is 0 Å². The van der Waals surface area contributed by atoms with Gasteiger partial charge in [-0.05, 0) is 24.6 Å². The van der Waals surface area contributed by atoms with Gasteiger partial charge in [0.2, 0.25) is 0 Å². The maximum absolute atomic E-state index is 12.8. The Labute approximate surface area is 82.0 Å². The zero-order valence-electron chi connectivity index (χ0n) is 7.94. The van der Waals surface area contributed by atoms with Gasteiger partial charge < -0.3 is 15.9 Å². The summed E-state index contributed by atoms with van der Waals surface area (Å²) >= 11 is 0. The zero-order valence-corrected chi connectivity index (χ0v) is 7.94. The van der Waals surface area contributed by atoms with Crippen molar-refractivity contribution < 1.29 is 14.6 Å². The molecule has 0 radical (unpaired) electrons. The fourth-order valence-corrected chi connectivity index (χ4v) is 1.15. The first kappa shape index (κ1) is 11.1. The van der Waals surface area contributed by atoms with Gasteiger partial charge in [0.1, 0.15) is 17.5 Å². The monoisotopic (exact) mass is 199 g/mol. The lowest BCUT2D eigenvalue weighted by atomic mass is 9.93. The van der Waals surface area contributed by atoms with E-state index in [-0.39, 0.29) is 6.54 Å². The van der Waals surface area contributed by atoms with Crippen LogP contribution in [0.4, 0.5) is 4.39 Å². The third kappa shape index (κ3) is 2.29. The van der Waals surface area contributed by atoms with Crippen LogP contribution in [0.5, 0.6) is 0 Å². The van der Waals surface area contributed by atoms with Crippen LogP contribution in [0.15, 0.2) is 24.3 Å². The van der Waals surface area contributed by atoms with E-state index < -0.39 is 17.5 Å². The summed E-state index contributed by atoms with van der Waals surface area (Å²) in [7, 11) is 0. The molecule has 0 aliphatic rings. The molecule has 0 aromatic heterocycles. The van der Waals surface area contributed by atoms with Crippen molar-refractivity contribution in [2.24, 2.45) is 5.73 Å². The van der Waals surface area contributed by atoms with Crippen LogP contribution in [0.3, 0.4) is 0 Å². The fraction of sp³-hybridized carbons (Fsp3) is 0.400. The summed E-state index contributed by atoms with van der Waals surface area (Å²) in [6.45, 7) is 1.31. The molecular weight excluding hydrogens is 185 g/mol. The lowest BCUT2D eigenvalue weighted by molar-refractivity contribution is -0.0566. The molecule has 0 spiro atoms. The van der Waals surface area contributed by atoms with Crippen LogP contribution in [-0.4, -0.2) is 22.4 Å². The number of rotatable bonds is 3. The van der Waals surface area contributed by atoms with Gasteiger partial charge in [0.05, 0.1) is 0 Å². The van der Waals surface area contributed by atoms with E-state index >= 15 is 0 Å². The van der Waals surface area contributed by atoms with Crippen LogP contribution in [0, 0.1) is 5.82 Å². The van der Waals surface area contributed by atoms with Crippen molar-refractivity contribution in [3.8, 4) is 0 Å². The lowest BCUT2D eigenvalue weighted by Gasteiger charge is -2.27. The Balaban J connectivity index is 2.94. The van der Waals surface area contributed by atoms with E-state index in [1.54, 1.807) is 0 Å². The second-order valence-electron chi connectivity index (χ2n) is 3.52. The molecule has 0 bridgehead atoms. The number of aliphatic hydroxyl groups is 2. The summed E-state index contributed by atoms with van der Waals surface area (Å²) in [5, 5.41) is 19.3. The number of aliphatic hydroxyl groups excluding tert-OH is 1. The third-order valence-electron chi connectivity index (χ3n) is 2.17. The van der Waals surface area contributed by atoms with E-state index in [1.807, 2.05) is 0 Å². The van der Waals surface area contributed by atoms with Crippen LogP contribution < -0.4 is 5.73 Å². The lowest BCUT2D eigenvalue weighted by Crippen LogP contribution is -2.40. The second kappa shape index (κ2) is 4.04. The van der Waals surface area contributed by atoms with Gasteiger partial charge >= 0.3 is 0 Å². The molecular formula is C10H14FNO2. The average molecular weight is 199 g/mol. The summed E-state index contributed by atoms with van der Waals surface area (Å²) in [5.41, 5.74) is 4.16. The molecule has 0 fully saturated rings. The van der Waals surface area contributed by atoms with Crippen molar-refractivity contribution in [1.82, 2.24) is 0 Å². The zero-order chi connectivity index (χ0) is 10.8. The number of nitrogens with two attached hydrogens (primary N) is 1. The van der Waals surface area contributed by atoms with Crippen LogP contribution in [0.1, 0.15) is 18.6 Å². The van der Waals surface area contributed by atoms with E-state index in [0.717, 1.165) is 0 Å². The quantitative estimate of drug-likeness (QED) is 0.666. The average Bonchev–Trinajstić information content (AvgIpc) is 2.16. The molecule has 3 nitrogen and oxygen atoms in total. The van der Waals surface area contributed by atoms with Crippen molar-refractivity contribution in [1.29, 1.82) is 0 Å². The van der Waals surface area contributed by atoms with Gasteiger partial charge in [-0.1, -0.05) is 12.1 Å². The summed E-state index contributed by atoms with van der Waals surface area (Å²) in [4.78, 5) is 0. The molecule has 0 aliphatic carbocycles. The predicted octanol–water partition coefficient (Wildman–Crippen LogP) is 0.569. The predicted molar refractivity (Wildman–Crippen MR) is 51.0 cm³/mol. The molecule has 2 unspecified atom stereocenters.